The first kappa shape index (κ1) is 17.2. The lowest BCUT2D eigenvalue weighted by Gasteiger charge is -2.23. The number of ether oxygens (including phenoxy) is 2. The minimum absolute atomic E-state index is 0.00313. The first-order valence-electron chi connectivity index (χ1n) is 8.48. The second-order valence-electron chi connectivity index (χ2n) is 7.49. The maximum Gasteiger partial charge on any atom is 0.0795 e. The molecule has 0 radical (unpaired) electrons. The van der Waals surface area contributed by atoms with Gasteiger partial charge in [0.25, 0.3) is 0 Å². The molecule has 0 bridgehead atoms. The molecular weight excluding hydrogens is 268 g/mol. The summed E-state index contributed by atoms with van der Waals surface area (Å²) in [5, 5.41) is 18.8. The van der Waals surface area contributed by atoms with Crippen LogP contribution in [0.25, 0.3) is 0 Å². The number of rotatable bonds is 6. The minimum Gasteiger partial charge on any atom is -0.394 e. The van der Waals surface area contributed by atoms with Crippen LogP contribution in [0.1, 0.15) is 59.8 Å². The summed E-state index contributed by atoms with van der Waals surface area (Å²) in [7, 11) is 0. The fourth-order valence-electron chi connectivity index (χ4n) is 4.04. The molecule has 0 amide bonds. The van der Waals surface area contributed by atoms with E-state index in [-0.39, 0.29) is 24.4 Å². The van der Waals surface area contributed by atoms with Crippen molar-refractivity contribution in [3.05, 3.63) is 0 Å². The van der Waals surface area contributed by atoms with Gasteiger partial charge < -0.3 is 19.7 Å². The Balaban J connectivity index is 1.92. The first-order chi connectivity index (χ1) is 9.86. The van der Waals surface area contributed by atoms with Gasteiger partial charge in [0, 0.05) is 12.8 Å². The van der Waals surface area contributed by atoms with Crippen LogP contribution in [0.2, 0.25) is 0 Å². The van der Waals surface area contributed by atoms with Crippen LogP contribution in [-0.4, -0.2) is 46.8 Å². The van der Waals surface area contributed by atoms with Crippen LogP contribution < -0.4 is 0 Å². The Morgan fingerprint density at radius 3 is 2.52 bits per heavy atom. The van der Waals surface area contributed by atoms with E-state index in [9.17, 15) is 5.11 Å². The highest BCUT2D eigenvalue weighted by Gasteiger charge is 2.43. The number of hydrogen-bond acceptors (Lipinski definition) is 4. The van der Waals surface area contributed by atoms with Gasteiger partial charge in [-0.3, -0.25) is 0 Å². The SMILES string of the molecule is CC[C@@H]1[C@@H](C)[C@@H](C[C@H]2CCC(C)(C)O2)O[C@H]1CC(O)CO. The Bertz CT molecular complexity index is 331. The Hall–Kier alpha value is -0.160. The van der Waals surface area contributed by atoms with Gasteiger partial charge in [0.2, 0.25) is 0 Å². The number of hydrogen-bond donors (Lipinski definition) is 2. The quantitative estimate of drug-likeness (QED) is 0.791. The molecule has 0 aliphatic carbocycles. The molecule has 2 rings (SSSR count). The van der Waals surface area contributed by atoms with E-state index in [2.05, 4.69) is 27.7 Å². The topological polar surface area (TPSA) is 58.9 Å². The Morgan fingerprint density at radius 2 is 2.00 bits per heavy atom. The van der Waals surface area contributed by atoms with Crippen molar-refractivity contribution in [1.82, 2.24) is 0 Å². The minimum atomic E-state index is -0.670. The van der Waals surface area contributed by atoms with Gasteiger partial charge in [-0.1, -0.05) is 20.3 Å². The van der Waals surface area contributed by atoms with Gasteiger partial charge >= 0.3 is 0 Å². The summed E-state index contributed by atoms with van der Waals surface area (Å²) in [5.74, 6) is 0.948. The standard InChI is InChI=1S/C17H32O4/c1-5-14-11(2)15(20-16(14)8-12(19)10-18)9-13-6-7-17(3,4)21-13/h11-16,18-19H,5-10H2,1-4H3/t11-,12?,13-,14-,15-,16+/m1/s1. The summed E-state index contributed by atoms with van der Waals surface area (Å²) < 4.78 is 12.3. The predicted octanol–water partition coefficient (Wildman–Crippen LogP) is 2.51. The van der Waals surface area contributed by atoms with E-state index < -0.39 is 6.10 Å². The highest BCUT2D eigenvalue weighted by atomic mass is 16.5. The van der Waals surface area contributed by atoms with Crippen LogP contribution in [0.5, 0.6) is 0 Å². The maximum atomic E-state index is 9.70. The molecule has 0 aromatic rings. The molecule has 0 aromatic carbocycles. The molecule has 2 heterocycles. The monoisotopic (exact) mass is 300 g/mol. The van der Waals surface area contributed by atoms with Crippen molar-refractivity contribution in [2.24, 2.45) is 11.8 Å². The summed E-state index contributed by atoms with van der Waals surface area (Å²) in [6.07, 6.45) is 4.67. The van der Waals surface area contributed by atoms with Crippen LogP contribution in [0.4, 0.5) is 0 Å². The zero-order valence-electron chi connectivity index (χ0n) is 13.9. The lowest BCUT2D eigenvalue weighted by molar-refractivity contribution is -0.0593. The average Bonchev–Trinajstić information content (AvgIpc) is 2.90. The van der Waals surface area contributed by atoms with Gasteiger partial charge in [-0.2, -0.15) is 0 Å². The van der Waals surface area contributed by atoms with Crippen molar-refractivity contribution >= 4 is 0 Å². The van der Waals surface area contributed by atoms with Crippen LogP contribution in [-0.2, 0) is 9.47 Å². The molecular formula is C17H32O4. The lowest BCUT2D eigenvalue weighted by Crippen LogP contribution is -2.26. The van der Waals surface area contributed by atoms with E-state index >= 15 is 0 Å². The highest BCUT2D eigenvalue weighted by molar-refractivity contribution is 4.91. The molecule has 2 saturated heterocycles. The maximum absolute atomic E-state index is 9.70. The molecule has 2 aliphatic rings. The third-order valence-corrected chi connectivity index (χ3v) is 5.32. The molecule has 4 nitrogen and oxygen atoms in total. The molecule has 0 saturated carbocycles. The van der Waals surface area contributed by atoms with E-state index in [0.29, 0.717) is 24.4 Å². The third kappa shape index (κ3) is 4.19. The molecule has 2 aliphatic heterocycles. The Kier molecular flexibility index (Phi) is 5.69. The van der Waals surface area contributed by atoms with E-state index in [1.54, 1.807) is 0 Å². The third-order valence-electron chi connectivity index (χ3n) is 5.32. The van der Waals surface area contributed by atoms with Gasteiger partial charge in [0.15, 0.2) is 0 Å². The fraction of sp³-hybridized carbons (Fsp3) is 1.00. The van der Waals surface area contributed by atoms with Crippen LogP contribution in [0, 0.1) is 11.8 Å². The summed E-state index contributed by atoms with van der Waals surface area (Å²) in [4.78, 5) is 0. The van der Waals surface area contributed by atoms with E-state index in [0.717, 1.165) is 25.7 Å². The van der Waals surface area contributed by atoms with E-state index in [1.165, 1.54) is 0 Å². The molecule has 124 valence electrons. The predicted molar refractivity (Wildman–Crippen MR) is 82.1 cm³/mol. The molecule has 2 N–H and O–H groups in total. The normalized spacial score (nSPS) is 40.6. The summed E-state index contributed by atoms with van der Waals surface area (Å²) in [5.41, 5.74) is 0.00313. The van der Waals surface area contributed by atoms with Crippen molar-refractivity contribution < 1.29 is 19.7 Å². The molecule has 6 atom stereocenters. The molecule has 0 aromatic heterocycles. The van der Waals surface area contributed by atoms with Crippen molar-refractivity contribution in [1.29, 1.82) is 0 Å². The highest BCUT2D eigenvalue weighted by Crippen LogP contribution is 2.41. The van der Waals surface area contributed by atoms with Crippen molar-refractivity contribution in [3.8, 4) is 0 Å². The Morgan fingerprint density at radius 1 is 1.29 bits per heavy atom. The largest absolute Gasteiger partial charge is 0.394 e. The van der Waals surface area contributed by atoms with Crippen molar-refractivity contribution in [3.63, 3.8) is 0 Å². The lowest BCUT2D eigenvalue weighted by atomic mass is 9.83. The van der Waals surface area contributed by atoms with Crippen molar-refractivity contribution in [2.75, 3.05) is 6.61 Å². The fourth-order valence-corrected chi connectivity index (χ4v) is 4.04. The molecule has 2 fully saturated rings. The first-order valence-corrected chi connectivity index (χ1v) is 8.48. The summed E-state index contributed by atoms with van der Waals surface area (Å²) in [6, 6.07) is 0. The number of aliphatic hydroxyl groups is 2. The zero-order chi connectivity index (χ0) is 15.6. The molecule has 0 spiro atoms. The molecule has 4 heteroatoms. The van der Waals surface area contributed by atoms with Gasteiger partial charge in [0.1, 0.15) is 0 Å². The van der Waals surface area contributed by atoms with Crippen LogP contribution >= 0.6 is 0 Å². The summed E-state index contributed by atoms with van der Waals surface area (Å²) in [6.45, 7) is 8.56. The summed E-state index contributed by atoms with van der Waals surface area (Å²) >= 11 is 0. The van der Waals surface area contributed by atoms with Crippen LogP contribution in [0.15, 0.2) is 0 Å². The van der Waals surface area contributed by atoms with E-state index in [4.69, 9.17) is 14.6 Å². The Labute approximate surface area is 128 Å². The second kappa shape index (κ2) is 6.95. The zero-order valence-corrected chi connectivity index (χ0v) is 13.9. The average molecular weight is 300 g/mol. The second-order valence-corrected chi connectivity index (χ2v) is 7.49. The van der Waals surface area contributed by atoms with Crippen molar-refractivity contribution in [2.45, 2.75) is 89.8 Å². The van der Waals surface area contributed by atoms with Gasteiger partial charge in [-0.25, -0.2) is 0 Å². The number of aliphatic hydroxyl groups excluding tert-OH is 2. The van der Waals surface area contributed by atoms with Gasteiger partial charge in [0.05, 0.1) is 36.6 Å². The van der Waals surface area contributed by atoms with E-state index in [1.807, 2.05) is 0 Å². The van der Waals surface area contributed by atoms with Gasteiger partial charge in [-0.15, -0.1) is 0 Å². The molecule has 1 unspecified atom stereocenters. The molecule has 21 heavy (non-hydrogen) atoms. The van der Waals surface area contributed by atoms with Crippen LogP contribution in [0.3, 0.4) is 0 Å². The van der Waals surface area contributed by atoms with Gasteiger partial charge in [-0.05, 0) is 38.5 Å². The smallest absolute Gasteiger partial charge is 0.0795 e.